The Balaban J connectivity index is 0.00000288. The van der Waals surface area contributed by atoms with Crippen molar-refractivity contribution in [2.24, 2.45) is 4.99 Å². The van der Waals surface area contributed by atoms with E-state index in [4.69, 9.17) is 0 Å². The summed E-state index contributed by atoms with van der Waals surface area (Å²) < 4.78 is 23.2. The van der Waals surface area contributed by atoms with Gasteiger partial charge in [0.2, 0.25) is 0 Å². The molecular weight excluding hydrogens is 437 g/mol. The Morgan fingerprint density at radius 1 is 1.21 bits per heavy atom. The van der Waals surface area contributed by atoms with E-state index < -0.39 is 9.84 Å². The first-order valence-electron chi connectivity index (χ1n) is 8.38. The summed E-state index contributed by atoms with van der Waals surface area (Å²) >= 11 is 0. The van der Waals surface area contributed by atoms with Crippen LogP contribution < -0.4 is 10.6 Å². The predicted octanol–water partition coefficient (Wildman–Crippen LogP) is 2.72. The minimum atomic E-state index is -2.95. The third-order valence-electron chi connectivity index (χ3n) is 4.10. The lowest BCUT2D eigenvalue weighted by atomic mass is 10.2. The molecule has 0 amide bonds. The van der Waals surface area contributed by atoms with E-state index in [1.54, 1.807) is 6.92 Å². The number of sulfone groups is 1. The van der Waals surface area contributed by atoms with Crippen molar-refractivity contribution >= 4 is 39.8 Å². The number of aliphatic imine (C=N–C) groups is 1. The van der Waals surface area contributed by atoms with Gasteiger partial charge >= 0.3 is 0 Å². The van der Waals surface area contributed by atoms with Gasteiger partial charge in [-0.15, -0.1) is 24.0 Å². The van der Waals surface area contributed by atoms with E-state index in [2.05, 4.69) is 15.6 Å². The van der Waals surface area contributed by atoms with Crippen LogP contribution in [-0.2, 0) is 16.4 Å². The molecule has 1 aliphatic carbocycles. The Bertz CT molecular complexity index is 600. The standard InChI is InChI=1S/C17H27N3O2S.HI/c1-2-23(21,22)13-12-18-17(20-16-10-6-7-11-16)19-14-15-8-4-3-5-9-15;/h3-5,8-9,16H,2,6-7,10-14H2,1H3,(H2,18,19,20);1H. The summed E-state index contributed by atoms with van der Waals surface area (Å²) in [5.41, 5.74) is 1.14. The third-order valence-corrected chi connectivity index (χ3v) is 5.81. The SMILES string of the molecule is CCS(=O)(=O)CCNC(=NCc1ccccc1)NC1CCCC1.I. The van der Waals surface area contributed by atoms with Gasteiger partial charge in [-0.05, 0) is 18.4 Å². The lowest BCUT2D eigenvalue weighted by molar-refractivity contribution is 0.593. The molecule has 0 spiro atoms. The zero-order valence-electron chi connectivity index (χ0n) is 14.2. The lowest BCUT2D eigenvalue weighted by Gasteiger charge is -2.17. The Labute approximate surface area is 162 Å². The van der Waals surface area contributed by atoms with Gasteiger partial charge in [-0.25, -0.2) is 13.4 Å². The molecule has 0 saturated heterocycles. The Kier molecular flexibility index (Phi) is 9.65. The molecule has 1 aliphatic rings. The van der Waals surface area contributed by atoms with Crippen LogP contribution in [0.4, 0.5) is 0 Å². The second-order valence-corrected chi connectivity index (χ2v) is 8.41. The summed E-state index contributed by atoms with van der Waals surface area (Å²) in [7, 11) is -2.95. The van der Waals surface area contributed by atoms with Crippen molar-refractivity contribution in [1.29, 1.82) is 0 Å². The molecule has 0 unspecified atom stereocenters. The van der Waals surface area contributed by atoms with Crippen LogP contribution in [0, 0.1) is 0 Å². The molecule has 24 heavy (non-hydrogen) atoms. The second-order valence-electron chi connectivity index (χ2n) is 5.94. The van der Waals surface area contributed by atoms with Crippen molar-refractivity contribution in [3.05, 3.63) is 35.9 Å². The molecule has 2 rings (SSSR count). The number of halogens is 1. The normalized spacial score (nSPS) is 15.8. The fourth-order valence-corrected chi connectivity index (χ4v) is 3.34. The van der Waals surface area contributed by atoms with Gasteiger partial charge in [-0.3, -0.25) is 0 Å². The average molecular weight is 465 g/mol. The topological polar surface area (TPSA) is 70.6 Å². The lowest BCUT2D eigenvalue weighted by Crippen LogP contribution is -2.44. The van der Waals surface area contributed by atoms with Crippen molar-refractivity contribution in [2.45, 2.75) is 45.2 Å². The molecule has 7 heteroatoms. The number of nitrogens with zero attached hydrogens (tertiary/aromatic N) is 1. The summed E-state index contributed by atoms with van der Waals surface area (Å²) in [6.45, 7) is 2.66. The fourth-order valence-electron chi connectivity index (χ4n) is 2.64. The summed E-state index contributed by atoms with van der Waals surface area (Å²) in [6, 6.07) is 10.5. The molecule has 2 N–H and O–H groups in total. The van der Waals surface area contributed by atoms with Crippen molar-refractivity contribution in [2.75, 3.05) is 18.1 Å². The van der Waals surface area contributed by atoms with E-state index in [0.29, 0.717) is 25.1 Å². The van der Waals surface area contributed by atoms with E-state index in [1.807, 2.05) is 30.3 Å². The molecule has 0 aromatic heterocycles. The van der Waals surface area contributed by atoms with Gasteiger partial charge in [0.15, 0.2) is 15.8 Å². The first-order chi connectivity index (χ1) is 11.1. The zero-order valence-corrected chi connectivity index (χ0v) is 17.3. The van der Waals surface area contributed by atoms with Gasteiger partial charge < -0.3 is 10.6 Å². The quantitative estimate of drug-likeness (QED) is 0.369. The highest BCUT2D eigenvalue weighted by atomic mass is 127. The molecule has 1 aromatic carbocycles. The van der Waals surface area contributed by atoms with Crippen LogP contribution in [0.3, 0.4) is 0 Å². The molecule has 0 heterocycles. The molecule has 1 fully saturated rings. The predicted molar refractivity (Wildman–Crippen MR) is 111 cm³/mol. The Hall–Kier alpha value is -0.830. The van der Waals surface area contributed by atoms with Crippen LogP contribution in [0.2, 0.25) is 0 Å². The summed E-state index contributed by atoms with van der Waals surface area (Å²) in [4.78, 5) is 4.60. The summed E-state index contributed by atoms with van der Waals surface area (Å²) in [5, 5.41) is 6.60. The number of benzene rings is 1. The number of guanidine groups is 1. The van der Waals surface area contributed by atoms with E-state index in [9.17, 15) is 8.42 Å². The maximum atomic E-state index is 11.6. The molecule has 5 nitrogen and oxygen atoms in total. The Morgan fingerprint density at radius 2 is 1.88 bits per heavy atom. The zero-order chi connectivity index (χ0) is 16.5. The average Bonchev–Trinajstić information content (AvgIpc) is 3.06. The first-order valence-corrected chi connectivity index (χ1v) is 10.2. The van der Waals surface area contributed by atoms with Crippen LogP contribution in [0.1, 0.15) is 38.2 Å². The van der Waals surface area contributed by atoms with Crippen LogP contribution in [-0.4, -0.2) is 38.5 Å². The highest BCUT2D eigenvalue weighted by molar-refractivity contribution is 14.0. The van der Waals surface area contributed by atoms with Crippen LogP contribution in [0.25, 0.3) is 0 Å². The van der Waals surface area contributed by atoms with E-state index >= 15 is 0 Å². The molecule has 0 radical (unpaired) electrons. The second kappa shape index (κ2) is 10.9. The molecule has 1 saturated carbocycles. The minimum absolute atomic E-state index is 0. The maximum Gasteiger partial charge on any atom is 0.191 e. The number of hydrogen-bond donors (Lipinski definition) is 2. The van der Waals surface area contributed by atoms with Gasteiger partial charge in [0, 0.05) is 18.3 Å². The fraction of sp³-hybridized carbons (Fsp3) is 0.588. The molecule has 0 bridgehead atoms. The van der Waals surface area contributed by atoms with Crippen molar-refractivity contribution in [1.82, 2.24) is 10.6 Å². The van der Waals surface area contributed by atoms with E-state index in [-0.39, 0.29) is 35.5 Å². The van der Waals surface area contributed by atoms with E-state index in [1.165, 1.54) is 12.8 Å². The van der Waals surface area contributed by atoms with Gasteiger partial charge in [0.25, 0.3) is 0 Å². The highest BCUT2D eigenvalue weighted by Crippen LogP contribution is 2.17. The highest BCUT2D eigenvalue weighted by Gasteiger charge is 2.16. The van der Waals surface area contributed by atoms with Gasteiger partial charge in [-0.1, -0.05) is 50.1 Å². The van der Waals surface area contributed by atoms with Crippen molar-refractivity contribution in [3.63, 3.8) is 0 Å². The minimum Gasteiger partial charge on any atom is -0.355 e. The van der Waals surface area contributed by atoms with Crippen LogP contribution in [0.15, 0.2) is 35.3 Å². The van der Waals surface area contributed by atoms with Crippen molar-refractivity contribution < 1.29 is 8.42 Å². The van der Waals surface area contributed by atoms with Gasteiger partial charge in [0.05, 0.1) is 12.3 Å². The van der Waals surface area contributed by atoms with Gasteiger partial charge in [0.1, 0.15) is 0 Å². The number of hydrogen-bond acceptors (Lipinski definition) is 3. The van der Waals surface area contributed by atoms with E-state index in [0.717, 1.165) is 18.4 Å². The van der Waals surface area contributed by atoms with Crippen LogP contribution >= 0.6 is 24.0 Å². The maximum absolute atomic E-state index is 11.6. The molecule has 0 aliphatic heterocycles. The molecular formula is C17H28IN3O2S. The van der Waals surface area contributed by atoms with Crippen LogP contribution in [0.5, 0.6) is 0 Å². The first kappa shape index (κ1) is 21.2. The Morgan fingerprint density at radius 3 is 2.50 bits per heavy atom. The third kappa shape index (κ3) is 7.83. The van der Waals surface area contributed by atoms with Gasteiger partial charge in [-0.2, -0.15) is 0 Å². The largest absolute Gasteiger partial charge is 0.355 e. The smallest absolute Gasteiger partial charge is 0.191 e. The summed E-state index contributed by atoms with van der Waals surface area (Å²) in [5.74, 6) is 1.04. The van der Waals surface area contributed by atoms with Crippen molar-refractivity contribution in [3.8, 4) is 0 Å². The monoisotopic (exact) mass is 465 g/mol. The molecule has 1 aromatic rings. The molecule has 0 atom stereocenters. The number of nitrogens with one attached hydrogen (secondary N) is 2. The number of rotatable bonds is 7. The molecule has 136 valence electrons. The summed E-state index contributed by atoms with van der Waals surface area (Å²) in [6.07, 6.45) is 4.79.